The third kappa shape index (κ3) is 8.40. The largest absolute Gasteiger partial charge is 0.492 e. The quantitative estimate of drug-likeness (QED) is 0.229. The smallest absolute Gasteiger partial charge is 0.264 e. The van der Waals surface area contributed by atoms with Crippen LogP contribution < -0.4 is 14.4 Å². The molecule has 3 aromatic rings. The van der Waals surface area contributed by atoms with Crippen LogP contribution in [0.1, 0.15) is 39.7 Å². The SMILES string of the molecule is CCOc1ccccc1N(CC(=O)N(Cc1ccc(Cl)cc1Cl)[C@@H](CC)C(=O)NCC(C)C)S(=O)(=O)c1ccccc1. The molecule has 1 atom stereocenters. The summed E-state index contributed by atoms with van der Waals surface area (Å²) >= 11 is 12.6. The van der Waals surface area contributed by atoms with Gasteiger partial charge < -0.3 is 15.0 Å². The van der Waals surface area contributed by atoms with Crippen LogP contribution in [0.25, 0.3) is 0 Å². The van der Waals surface area contributed by atoms with Crippen LogP contribution in [0.3, 0.4) is 0 Å². The molecule has 2 amide bonds. The molecule has 11 heteroatoms. The van der Waals surface area contributed by atoms with E-state index in [0.29, 0.717) is 40.9 Å². The van der Waals surface area contributed by atoms with E-state index in [0.717, 1.165) is 4.31 Å². The summed E-state index contributed by atoms with van der Waals surface area (Å²) in [5.41, 5.74) is 0.773. The zero-order valence-corrected chi connectivity index (χ0v) is 26.5. The van der Waals surface area contributed by atoms with E-state index in [9.17, 15) is 18.0 Å². The molecule has 0 heterocycles. The maximum Gasteiger partial charge on any atom is 0.264 e. The van der Waals surface area contributed by atoms with Gasteiger partial charge in [-0.3, -0.25) is 13.9 Å². The number of carbonyl (C=O) groups is 2. The molecular formula is C31H37Cl2N3O5S. The van der Waals surface area contributed by atoms with Crippen molar-refractivity contribution in [3.8, 4) is 5.75 Å². The van der Waals surface area contributed by atoms with Crippen molar-refractivity contribution in [2.24, 2.45) is 5.92 Å². The van der Waals surface area contributed by atoms with Gasteiger partial charge in [-0.15, -0.1) is 0 Å². The highest BCUT2D eigenvalue weighted by atomic mass is 35.5. The number of para-hydroxylation sites is 2. The molecule has 1 N–H and O–H groups in total. The second kappa shape index (κ2) is 15.3. The summed E-state index contributed by atoms with van der Waals surface area (Å²) in [6.45, 7) is 7.63. The van der Waals surface area contributed by atoms with Gasteiger partial charge in [0.2, 0.25) is 11.8 Å². The van der Waals surface area contributed by atoms with Crippen LogP contribution in [-0.4, -0.2) is 50.9 Å². The van der Waals surface area contributed by atoms with Crippen LogP contribution in [0.4, 0.5) is 5.69 Å². The summed E-state index contributed by atoms with van der Waals surface area (Å²) in [7, 11) is -4.22. The first-order valence-electron chi connectivity index (χ1n) is 13.8. The van der Waals surface area contributed by atoms with E-state index in [1.165, 1.54) is 17.0 Å². The second-order valence-corrected chi connectivity index (χ2v) is 12.8. The van der Waals surface area contributed by atoms with E-state index < -0.39 is 28.5 Å². The number of carbonyl (C=O) groups excluding carboxylic acids is 2. The van der Waals surface area contributed by atoms with Gasteiger partial charge >= 0.3 is 0 Å². The van der Waals surface area contributed by atoms with E-state index in [1.54, 1.807) is 74.5 Å². The van der Waals surface area contributed by atoms with Crippen LogP contribution in [0.2, 0.25) is 10.0 Å². The fourth-order valence-electron chi connectivity index (χ4n) is 4.35. The van der Waals surface area contributed by atoms with Crippen LogP contribution in [0, 0.1) is 5.92 Å². The monoisotopic (exact) mass is 633 g/mol. The first-order valence-corrected chi connectivity index (χ1v) is 16.0. The van der Waals surface area contributed by atoms with Crippen LogP contribution in [0.15, 0.2) is 77.7 Å². The number of nitrogens with zero attached hydrogens (tertiary/aromatic N) is 2. The number of rotatable bonds is 14. The zero-order chi connectivity index (χ0) is 30.9. The van der Waals surface area contributed by atoms with E-state index in [2.05, 4.69) is 5.32 Å². The molecule has 0 saturated carbocycles. The minimum absolute atomic E-state index is 0.0121. The van der Waals surface area contributed by atoms with Gasteiger partial charge in [0, 0.05) is 23.1 Å². The Morgan fingerprint density at radius 1 is 0.952 bits per heavy atom. The maximum absolute atomic E-state index is 14.2. The van der Waals surface area contributed by atoms with E-state index in [1.807, 2.05) is 13.8 Å². The third-order valence-corrected chi connectivity index (χ3v) is 8.83. The van der Waals surface area contributed by atoms with Gasteiger partial charge in [-0.2, -0.15) is 0 Å². The Morgan fingerprint density at radius 2 is 1.62 bits per heavy atom. The Bertz CT molecular complexity index is 1470. The summed E-state index contributed by atoms with van der Waals surface area (Å²) in [4.78, 5) is 29.0. The molecule has 0 aliphatic heterocycles. The molecule has 0 fully saturated rings. The lowest BCUT2D eigenvalue weighted by atomic mass is 10.1. The minimum Gasteiger partial charge on any atom is -0.492 e. The Morgan fingerprint density at radius 3 is 2.24 bits per heavy atom. The van der Waals surface area contributed by atoms with Crippen molar-refractivity contribution in [1.82, 2.24) is 10.2 Å². The van der Waals surface area contributed by atoms with Crippen molar-refractivity contribution < 1.29 is 22.7 Å². The topological polar surface area (TPSA) is 96.0 Å². The molecule has 0 radical (unpaired) electrons. The van der Waals surface area contributed by atoms with Gasteiger partial charge in [0.1, 0.15) is 18.3 Å². The molecule has 0 aliphatic carbocycles. The summed E-state index contributed by atoms with van der Waals surface area (Å²) < 4.78 is 34.8. The molecule has 0 spiro atoms. The molecule has 42 heavy (non-hydrogen) atoms. The van der Waals surface area contributed by atoms with Crippen LogP contribution >= 0.6 is 23.2 Å². The molecule has 226 valence electrons. The molecule has 8 nitrogen and oxygen atoms in total. The highest BCUT2D eigenvalue weighted by Crippen LogP contribution is 2.33. The number of nitrogens with one attached hydrogen (secondary N) is 1. The first kappa shape index (κ1) is 33.2. The lowest BCUT2D eigenvalue weighted by Gasteiger charge is -2.34. The molecule has 0 aliphatic rings. The average molecular weight is 635 g/mol. The van der Waals surface area contributed by atoms with E-state index in [-0.39, 0.29) is 29.0 Å². The molecule has 0 bridgehead atoms. The predicted octanol–water partition coefficient (Wildman–Crippen LogP) is 6.17. The van der Waals surface area contributed by atoms with Crippen molar-refractivity contribution in [3.05, 3.63) is 88.4 Å². The van der Waals surface area contributed by atoms with Crippen molar-refractivity contribution in [1.29, 1.82) is 0 Å². The number of hydrogen-bond donors (Lipinski definition) is 1. The molecule has 0 saturated heterocycles. The van der Waals surface area contributed by atoms with Crippen LogP contribution in [-0.2, 0) is 26.2 Å². The zero-order valence-electron chi connectivity index (χ0n) is 24.2. The fourth-order valence-corrected chi connectivity index (χ4v) is 6.26. The lowest BCUT2D eigenvalue weighted by Crippen LogP contribution is -2.52. The van der Waals surface area contributed by atoms with Gasteiger partial charge in [0.15, 0.2) is 0 Å². The lowest BCUT2D eigenvalue weighted by molar-refractivity contribution is -0.140. The second-order valence-electron chi connectivity index (χ2n) is 10.0. The first-order chi connectivity index (χ1) is 20.0. The number of ether oxygens (including phenoxy) is 1. The Balaban J connectivity index is 2.11. The highest BCUT2D eigenvalue weighted by molar-refractivity contribution is 7.92. The van der Waals surface area contributed by atoms with E-state index >= 15 is 0 Å². The summed E-state index contributed by atoms with van der Waals surface area (Å²) in [5.74, 6) is -0.417. The van der Waals surface area contributed by atoms with Crippen molar-refractivity contribution in [2.45, 2.75) is 51.6 Å². The van der Waals surface area contributed by atoms with Crippen molar-refractivity contribution in [3.63, 3.8) is 0 Å². The summed E-state index contributed by atoms with van der Waals surface area (Å²) in [5, 5.41) is 3.66. The molecule has 3 aromatic carbocycles. The standard InChI is InChI=1S/C31H37Cl2N3O5S/c1-5-27(31(38)34-19-22(3)4)35(20-23-16-17-24(32)18-26(23)33)30(37)21-36(28-14-10-11-15-29(28)41-6-2)42(39,40)25-12-8-7-9-13-25/h7-18,22,27H,5-6,19-21H2,1-4H3,(H,34,38)/t27-/m0/s1. The van der Waals surface area contributed by atoms with Gasteiger partial charge in [0.25, 0.3) is 10.0 Å². The highest BCUT2D eigenvalue weighted by Gasteiger charge is 2.35. The maximum atomic E-state index is 14.2. The van der Waals surface area contributed by atoms with Crippen LogP contribution in [0.5, 0.6) is 5.75 Å². The van der Waals surface area contributed by atoms with E-state index in [4.69, 9.17) is 27.9 Å². The number of sulfonamides is 1. The molecule has 3 rings (SSSR count). The summed E-state index contributed by atoms with van der Waals surface area (Å²) in [6, 6.07) is 18.5. The van der Waals surface area contributed by atoms with Gasteiger partial charge in [-0.05, 0) is 61.2 Å². The molecule has 0 unspecified atom stereocenters. The van der Waals surface area contributed by atoms with Gasteiger partial charge in [0.05, 0.1) is 17.2 Å². The van der Waals surface area contributed by atoms with Crippen molar-refractivity contribution >= 4 is 50.7 Å². The number of anilines is 1. The average Bonchev–Trinajstić information content (AvgIpc) is 2.96. The van der Waals surface area contributed by atoms with Gasteiger partial charge in [-0.1, -0.05) is 80.4 Å². The van der Waals surface area contributed by atoms with Gasteiger partial charge in [-0.25, -0.2) is 8.42 Å². The number of amides is 2. The normalized spacial score (nSPS) is 12.1. The third-order valence-electron chi connectivity index (χ3n) is 6.47. The predicted molar refractivity (Wildman–Crippen MR) is 168 cm³/mol. The molecule has 0 aromatic heterocycles. The minimum atomic E-state index is -4.22. The number of hydrogen-bond acceptors (Lipinski definition) is 5. The molecular weight excluding hydrogens is 597 g/mol. The Hall–Kier alpha value is -3.27. The number of halogens is 2. The fraction of sp³-hybridized carbons (Fsp3) is 0.355. The van der Waals surface area contributed by atoms with Crippen molar-refractivity contribution in [2.75, 3.05) is 24.0 Å². The summed E-state index contributed by atoms with van der Waals surface area (Å²) in [6.07, 6.45) is 0.293. The number of benzene rings is 3. The Kier molecular flexibility index (Phi) is 12.1. The Labute approximate surface area is 258 Å².